The minimum Gasteiger partial charge on any atom is -0.347 e. The number of likely N-dealkylation sites (tertiary alicyclic amines) is 1. The maximum Gasteiger partial charge on any atom is 0.256 e. The number of carbonyl (C=O) groups excluding carboxylic acids is 2. The van der Waals surface area contributed by atoms with Gasteiger partial charge in [-0.2, -0.15) is 5.10 Å². The van der Waals surface area contributed by atoms with Crippen LogP contribution in [0.15, 0.2) is 48.5 Å². The van der Waals surface area contributed by atoms with Gasteiger partial charge in [0.2, 0.25) is 0 Å². The number of halogens is 2. The van der Waals surface area contributed by atoms with Gasteiger partial charge in [0.15, 0.2) is 5.82 Å². The highest BCUT2D eigenvalue weighted by Gasteiger charge is 2.40. The topological polar surface area (TPSA) is 91.0 Å². The van der Waals surface area contributed by atoms with E-state index in [2.05, 4.69) is 20.5 Å². The first kappa shape index (κ1) is 20.0. The third-order valence-electron chi connectivity index (χ3n) is 5.06. The van der Waals surface area contributed by atoms with Crippen molar-refractivity contribution >= 4 is 23.4 Å². The van der Waals surface area contributed by atoms with E-state index in [9.17, 15) is 14.0 Å². The number of carbonyl (C=O) groups is 2. The number of aromatic nitrogens is 3. The third-order valence-corrected chi connectivity index (χ3v) is 5.30. The van der Waals surface area contributed by atoms with E-state index in [0.29, 0.717) is 17.2 Å². The summed E-state index contributed by atoms with van der Waals surface area (Å²) in [5.74, 6) is -0.624. The monoisotopic (exact) mass is 427 g/mol. The molecule has 1 aliphatic heterocycles. The van der Waals surface area contributed by atoms with E-state index in [-0.39, 0.29) is 35.5 Å². The minimum absolute atomic E-state index is 0.109. The Morgan fingerprint density at radius 3 is 2.67 bits per heavy atom. The van der Waals surface area contributed by atoms with Crippen molar-refractivity contribution in [1.82, 2.24) is 25.4 Å². The zero-order valence-electron chi connectivity index (χ0n) is 16.1. The Bertz CT molecular complexity index is 1090. The second-order valence-electron chi connectivity index (χ2n) is 7.17. The van der Waals surface area contributed by atoms with Crippen molar-refractivity contribution in [1.29, 1.82) is 0 Å². The van der Waals surface area contributed by atoms with Crippen LogP contribution in [0.2, 0.25) is 5.02 Å². The van der Waals surface area contributed by atoms with Gasteiger partial charge in [-0.25, -0.2) is 9.37 Å². The lowest BCUT2D eigenvalue weighted by Crippen LogP contribution is -2.40. The number of hydrogen-bond donors (Lipinski definition) is 2. The van der Waals surface area contributed by atoms with Crippen molar-refractivity contribution in [3.63, 3.8) is 0 Å². The fourth-order valence-corrected chi connectivity index (χ4v) is 3.75. The average molecular weight is 428 g/mol. The molecule has 9 heteroatoms. The maximum absolute atomic E-state index is 14.2. The van der Waals surface area contributed by atoms with Crippen LogP contribution in [-0.2, 0) is 0 Å². The largest absolute Gasteiger partial charge is 0.347 e. The summed E-state index contributed by atoms with van der Waals surface area (Å²) >= 11 is 5.94. The first-order valence-corrected chi connectivity index (χ1v) is 9.79. The Balaban J connectivity index is 1.60. The summed E-state index contributed by atoms with van der Waals surface area (Å²) in [5, 5.41) is 10.2. The van der Waals surface area contributed by atoms with E-state index in [1.807, 2.05) is 6.07 Å². The van der Waals surface area contributed by atoms with Crippen molar-refractivity contribution in [2.45, 2.75) is 18.9 Å². The number of benzene rings is 2. The summed E-state index contributed by atoms with van der Waals surface area (Å²) in [6.07, 6.45) is 0. The summed E-state index contributed by atoms with van der Waals surface area (Å²) in [7, 11) is 0. The molecule has 1 aliphatic rings. The highest BCUT2D eigenvalue weighted by molar-refractivity contribution is 6.31. The van der Waals surface area contributed by atoms with Crippen LogP contribution < -0.4 is 5.32 Å². The molecule has 30 heavy (non-hydrogen) atoms. The van der Waals surface area contributed by atoms with Crippen molar-refractivity contribution in [2.75, 3.05) is 13.1 Å². The smallest absolute Gasteiger partial charge is 0.256 e. The molecule has 1 fully saturated rings. The van der Waals surface area contributed by atoms with Crippen molar-refractivity contribution in [2.24, 2.45) is 0 Å². The van der Waals surface area contributed by atoms with Crippen LogP contribution in [0.3, 0.4) is 0 Å². The molecule has 0 aliphatic carbocycles. The van der Waals surface area contributed by atoms with Gasteiger partial charge in [-0.3, -0.25) is 14.7 Å². The van der Waals surface area contributed by atoms with E-state index in [4.69, 9.17) is 11.6 Å². The molecule has 0 saturated carbocycles. The number of amides is 2. The molecular weight excluding hydrogens is 409 g/mol. The van der Waals surface area contributed by atoms with Gasteiger partial charge in [0.1, 0.15) is 11.6 Å². The summed E-state index contributed by atoms with van der Waals surface area (Å²) in [6.45, 7) is 2.21. The average Bonchev–Trinajstić information content (AvgIpc) is 3.36. The summed E-state index contributed by atoms with van der Waals surface area (Å²) in [5.41, 5.74) is 0.399. The van der Waals surface area contributed by atoms with Crippen molar-refractivity contribution < 1.29 is 14.0 Å². The molecule has 0 bridgehead atoms. The summed E-state index contributed by atoms with van der Waals surface area (Å²) < 4.78 is 14.2. The Labute approximate surface area is 177 Å². The quantitative estimate of drug-likeness (QED) is 0.669. The Kier molecular flexibility index (Phi) is 5.50. The number of nitrogens with zero attached hydrogens (tertiary/aromatic N) is 3. The molecule has 4 rings (SSSR count). The first-order valence-electron chi connectivity index (χ1n) is 9.41. The Morgan fingerprint density at radius 2 is 1.97 bits per heavy atom. The molecule has 0 unspecified atom stereocenters. The van der Waals surface area contributed by atoms with Gasteiger partial charge in [-0.05, 0) is 37.3 Å². The highest BCUT2D eigenvalue weighted by Crippen LogP contribution is 2.28. The van der Waals surface area contributed by atoms with Crippen LogP contribution in [0.4, 0.5) is 4.39 Å². The van der Waals surface area contributed by atoms with Gasteiger partial charge in [-0.15, -0.1) is 0 Å². The lowest BCUT2D eigenvalue weighted by Gasteiger charge is -2.18. The van der Waals surface area contributed by atoms with Gasteiger partial charge in [0.05, 0.1) is 17.5 Å². The standard InChI is InChI=1S/C21H19ClFN5O2/c1-12-24-19(27-26-12)16-10-28(21(30)15-9-14(22)7-8-17(15)23)11-18(16)25-20(29)13-5-3-2-4-6-13/h2-9,16,18H,10-11H2,1H3,(H,25,29)(H,24,26,27)/t16-,18-/m1/s1. The maximum atomic E-state index is 14.2. The molecule has 154 valence electrons. The highest BCUT2D eigenvalue weighted by atomic mass is 35.5. The third kappa shape index (κ3) is 4.04. The first-order chi connectivity index (χ1) is 14.4. The van der Waals surface area contributed by atoms with Gasteiger partial charge >= 0.3 is 0 Å². The number of aromatic amines is 1. The van der Waals surface area contributed by atoms with E-state index < -0.39 is 17.8 Å². The number of nitrogens with one attached hydrogen (secondary N) is 2. The second-order valence-corrected chi connectivity index (χ2v) is 7.60. The number of rotatable bonds is 4. The molecule has 2 amide bonds. The predicted octanol–water partition coefficient (Wildman–Crippen LogP) is 2.94. The molecular formula is C21H19ClFN5O2. The molecule has 0 spiro atoms. The van der Waals surface area contributed by atoms with Gasteiger partial charge in [0, 0.05) is 23.7 Å². The predicted molar refractivity (Wildman–Crippen MR) is 109 cm³/mol. The van der Waals surface area contributed by atoms with Gasteiger partial charge < -0.3 is 10.2 Å². The van der Waals surface area contributed by atoms with Crippen molar-refractivity contribution in [3.05, 3.63) is 82.1 Å². The van der Waals surface area contributed by atoms with Crippen LogP contribution in [0.1, 0.15) is 38.3 Å². The Morgan fingerprint density at radius 1 is 1.20 bits per heavy atom. The zero-order valence-corrected chi connectivity index (χ0v) is 16.9. The van der Waals surface area contributed by atoms with Crippen LogP contribution in [0, 0.1) is 12.7 Å². The lowest BCUT2D eigenvalue weighted by molar-refractivity contribution is 0.0777. The van der Waals surface area contributed by atoms with Crippen LogP contribution in [0.5, 0.6) is 0 Å². The molecule has 2 atom stereocenters. The van der Waals surface area contributed by atoms with Gasteiger partial charge in [-0.1, -0.05) is 29.8 Å². The minimum atomic E-state index is -0.647. The molecule has 1 saturated heterocycles. The lowest BCUT2D eigenvalue weighted by atomic mass is 10.0. The van der Waals surface area contributed by atoms with Crippen LogP contribution in [0.25, 0.3) is 0 Å². The van der Waals surface area contributed by atoms with E-state index in [1.165, 1.54) is 17.0 Å². The second kappa shape index (κ2) is 8.23. The fourth-order valence-electron chi connectivity index (χ4n) is 3.58. The molecule has 2 N–H and O–H groups in total. The van der Waals surface area contributed by atoms with Gasteiger partial charge in [0.25, 0.3) is 11.8 Å². The zero-order chi connectivity index (χ0) is 21.3. The number of aryl methyl sites for hydroxylation is 1. The van der Waals surface area contributed by atoms with E-state index in [0.717, 1.165) is 6.07 Å². The molecule has 1 aromatic heterocycles. The molecule has 3 aromatic rings. The summed E-state index contributed by atoms with van der Waals surface area (Å²) in [6, 6.07) is 12.2. The Hall–Kier alpha value is -3.26. The van der Waals surface area contributed by atoms with Crippen LogP contribution in [-0.4, -0.2) is 51.0 Å². The molecule has 2 heterocycles. The van der Waals surface area contributed by atoms with Crippen LogP contribution >= 0.6 is 11.6 Å². The molecule has 2 aromatic carbocycles. The van der Waals surface area contributed by atoms with E-state index >= 15 is 0 Å². The van der Waals surface area contributed by atoms with E-state index in [1.54, 1.807) is 31.2 Å². The molecule has 7 nitrogen and oxygen atoms in total. The number of hydrogen-bond acceptors (Lipinski definition) is 4. The number of H-pyrrole nitrogens is 1. The molecule has 0 radical (unpaired) electrons. The van der Waals surface area contributed by atoms with Crippen molar-refractivity contribution in [3.8, 4) is 0 Å². The fraction of sp³-hybridized carbons (Fsp3) is 0.238. The normalized spacial score (nSPS) is 18.4. The summed E-state index contributed by atoms with van der Waals surface area (Å²) in [4.78, 5) is 31.5. The SMILES string of the molecule is Cc1nc([C@@H]2CN(C(=O)c3cc(Cl)ccc3F)C[C@H]2NC(=O)c2ccccc2)n[nH]1.